The zero-order valence-electron chi connectivity index (χ0n) is 11.7. The van der Waals surface area contributed by atoms with Crippen molar-refractivity contribution in [3.63, 3.8) is 0 Å². The Morgan fingerprint density at radius 1 is 1.20 bits per heavy atom. The molecule has 1 atom stereocenters. The van der Waals surface area contributed by atoms with E-state index in [4.69, 9.17) is 10.5 Å². The molecule has 0 fully saturated rings. The first-order chi connectivity index (χ1) is 9.69. The zero-order valence-corrected chi connectivity index (χ0v) is 11.7. The summed E-state index contributed by atoms with van der Waals surface area (Å²) in [5.41, 5.74) is 6.80. The molecule has 3 N–H and O–H groups in total. The first-order valence-corrected chi connectivity index (χ1v) is 6.65. The highest BCUT2D eigenvalue weighted by Crippen LogP contribution is 2.18. The highest BCUT2D eigenvalue weighted by Gasteiger charge is 2.09. The lowest BCUT2D eigenvalue weighted by molar-refractivity contribution is 0.292. The van der Waals surface area contributed by atoms with Crippen LogP contribution in [0.25, 0.3) is 0 Å². The normalized spacial score (nSPS) is 11.9. The second-order valence-electron chi connectivity index (χ2n) is 4.42. The van der Waals surface area contributed by atoms with Gasteiger partial charge in [0, 0.05) is 0 Å². The molecule has 0 aliphatic carbocycles. The summed E-state index contributed by atoms with van der Waals surface area (Å²) in [5.74, 6) is 0.564. The van der Waals surface area contributed by atoms with Gasteiger partial charge in [0.1, 0.15) is 0 Å². The largest absolute Gasteiger partial charge is 0.463 e. The fourth-order valence-corrected chi connectivity index (χ4v) is 1.71. The van der Waals surface area contributed by atoms with E-state index in [0.29, 0.717) is 12.6 Å². The number of nitrogens with zero attached hydrogens (tertiary/aromatic N) is 3. The molecule has 106 valence electrons. The van der Waals surface area contributed by atoms with Crippen molar-refractivity contribution in [2.24, 2.45) is 0 Å². The standard InChI is InChI=1S/C14H19N5O/c1-3-9-20-14-18-12(15)17-13(19-14)16-10(2)11-7-5-4-6-8-11/h4-8,10H,3,9H2,1-2H3,(H3,15,16,17,18,19). The number of ether oxygens (including phenoxy) is 1. The van der Waals surface area contributed by atoms with Crippen LogP contribution in [-0.4, -0.2) is 21.6 Å². The summed E-state index contributed by atoms with van der Waals surface area (Å²) in [6.07, 6.45) is 0.884. The van der Waals surface area contributed by atoms with Crippen molar-refractivity contribution in [1.82, 2.24) is 15.0 Å². The van der Waals surface area contributed by atoms with E-state index in [1.807, 2.05) is 44.2 Å². The molecule has 1 aromatic carbocycles. The number of rotatable bonds is 6. The van der Waals surface area contributed by atoms with Gasteiger partial charge in [-0.2, -0.15) is 15.0 Å². The Morgan fingerprint density at radius 2 is 1.95 bits per heavy atom. The van der Waals surface area contributed by atoms with E-state index in [-0.39, 0.29) is 18.0 Å². The summed E-state index contributed by atoms with van der Waals surface area (Å²) < 4.78 is 5.38. The third-order valence-electron chi connectivity index (χ3n) is 2.71. The van der Waals surface area contributed by atoms with Crippen LogP contribution in [0, 0.1) is 0 Å². The minimum Gasteiger partial charge on any atom is -0.463 e. The molecule has 20 heavy (non-hydrogen) atoms. The molecule has 0 radical (unpaired) electrons. The highest BCUT2D eigenvalue weighted by atomic mass is 16.5. The van der Waals surface area contributed by atoms with E-state index in [1.54, 1.807) is 0 Å². The van der Waals surface area contributed by atoms with Crippen LogP contribution in [0.2, 0.25) is 0 Å². The Hall–Kier alpha value is -2.37. The molecule has 2 rings (SSSR count). The average Bonchev–Trinajstić information content (AvgIpc) is 2.45. The number of hydrogen-bond acceptors (Lipinski definition) is 6. The lowest BCUT2D eigenvalue weighted by Crippen LogP contribution is -2.12. The van der Waals surface area contributed by atoms with E-state index in [2.05, 4.69) is 20.3 Å². The Labute approximate surface area is 118 Å². The van der Waals surface area contributed by atoms with Crippen molar-refractivity contribution in [3.05, 3.63) is 35.9 Å². The SMILES string of the molecule is CCCOc1nc(N)nc(NC(C)c2ccccc2)n1. The third-order valence-corrected chi connectivity index (χ3v) is 2.71. The van der Waals surface area contributed by atoms with Gasteiger partial charge in [-0.05, 0) is 18.9 Å². The van der Waals surface area contributed by atoms with Gasteiger partial charge < -0.3 is 15.8 Å². The van der Waals surface area contributed by atoms with Crippen molar-refractivity contribution >= 4 is 11.9 Å². The first kappa shape index (κ1) is 14.0. The fourth-order valence-electron chi connectivity index (χ4n) is 1.71. The number of anilines is 2. The number of nitrogens with two attached hydrogens (primary N) is 1. The summed E-state index contributed by atoms with van der Waals surface area (Å²) in [7, 11) is 0. The van der Waals surface area contributed by atoms with E-state index in [9.17, 15) is 0 Å². The molecule has 6 nitrogen and oxygen atoms in total. The monoisotopic (exact) mass is 273 g/mol. The Morgan fingerprint density at radius 3 is 2.65 bits per heavy atom. The maximum Gasteiger partial charge on any atom is 0.323 e. The lowest BCUT2D eigenvalue weighted by Gasteiger charge is -2.14. The van der Waals surface area contributed by atoms with Gasteiger partial charge in [0.2, 0.25) is 11.9 Å². The minimum absolute atomic E-state index is 0.0667. The first-order valence-electron chi connectivity index (χ1n) is 6.65. The molecule has 0 aliphatic heterocycles. The smallest absolute Gasteiger partial charge is 0.323 e. The predicted molar refractivity (Wildman–Crippen MR) is 78.5 cm³/mol. The van der Waals surface area contributed by atoms with E-state index in [1.165, 1.54) is 0 Å². The second kappa shape index (κ2) is 6.70. The van der Waals surface area contributed by atoms with Crippen molar-refractivity contribution < 1.29 is 4.74 Å². The highest BCUT2D eigenvalue weighted by molar-refractivity contribution is 5.36. The summed E-state index contributed by atoms with van der Waals surface area (Å²) >= 11 is 0. The molecule has 6 heteroatoms. The Kier molecular flexibility index (Phi) is 4.70. The lowest BCUT2D eigenvalue weighted by atomic mass is 10.1. The number of nitrogens with one attached hydrogen (secondary N) is 1. The van der Waals surface area contributed by atoms with Crippen LogP contribution in [-0.2, 0) is 0 Å². The third kappa shape index (κ3) is 3.81. The Bertz CT molecular complexity index is 547. The maximum atomic E-state index is 5.66. The molecule has 1 unspecified atom stereocenters. The van der Waals surface area contributed by atoms with Gasteiger partial charge in [-0.3, -0.25) is 0 Å². The van der Waals surface area contributed by atoms with Crippen molar-refractivity contribution in [3.8, 4) is 6.01 Å². The Balaban J connectivity index is 2.10. The van der Waals surface area contributed by atoms with Crippen molar-refractivity contribution in [1.29, 1.82) is 0 Å². The van der Waals surface area contributed by atoms with Crippen LogP contribution in [0.3, 0.4) is 0 Å². The van der Waals surface area contributed by atoms with Gasteiger partial charge in [0.25, 0.3) is 0 Å². The average molecular weight is 273 g/mol. The predicted octanol–water partition coefficient (Wildman–Crippen LogP) is 2.42. The van der Waals surface area contributed by atoms with Gasteiger partial charge in [-0.1, -0.05) is 37.3 Å². The van der Waals surface area contributed by atoms with E-state index >= 15 is 0 Å². The van der Waals surface area contributed by atoms with Crippen LogP contribution in [0.15, 0.2) is 30.3 Å². The van der Waals surface area contributed by atoms with Crippen LogP contribution in [0.4, 0.5) is 11.9 Å². The number of nitrogen functional groups attached to an aromatic ring is 1. The van der Waals surface area contributed by atoms with Gasteiger partial charge in [0.15, 0.2) is 0 Å². The fraction of sp³-hybridized carbons (Fsp3) is 0.357. The van der Waals surface area contributed by atoms with Gasteiger partial charge >= 0.3 is 6.01 Å². The molecule has 2 aromatic rings. The van der Waals surface area contributed by atoms with E-state index < -0.39 is 0 Å². The quantitative estimate of drug-likeness (QED) is 0.840. The second-order valence-corrected chi connectivity index (χ2v) is 4.42. The summed E-state index contributed by atoms with van der Waals surface area (Å²) in [6.45, 7) is 4.60. The molecule has 0 spiro atoms. The molecule has 0 amide bonds. The van der Waals surface area contributed by atoms with Crippen LogP contribution < -0.4 is 15.8 Å². The number of aromatic nitrogens is 3. The molecule has 0 saturated heterocycles. The number of hydrogen-bond donors (Lipinski definition) is 2. The molecule has 1 aromatic heterocycles. The van der Waals surface area contributed by atoms with Crippen molar-refractivity contribution in [2.75, 3.05) is 17.7 Å². The summed E-state index contributed by atoms with van der Waals surface area (Å²) in [5, 5.41) is 3.19. The van der Waals surface area contributed by atoms with Gasteiger partial charge in [-0.15, -0.1) is 0 Å². The maximum absolute atomic E-state index is 5.66. The molecule has 0 bridgehead atoms. The molecule has 0 saturated carbocycles. The zero-order chi connectivity index (χ0) is 14.4. The topological polar surface area (TPSA) is 86.0 Å². The molecular formula is C14H19N5O. The van der Waals surface area contributed by atoms with Gasteiger partial charge in [0.05, 0.1) is 12.6 Å². The minimum atomic E-state index is 0.0667. The molecule has 1 heterocycles. The van der Waals surface area contributed by atoms with Crippen molar-refractivity contribution in [2.45, 2.75) is 26.3 Å². The van der Waals surface area contributed by atoms with Crippen LogP contribution in [0.1, 0.15) is 31.9 Å². The van der Waals surface area contributed by atoms with Crippen LogP contribution in [0.5, 0.6) is 6.01 Å². The van der Waals surface area contributed by atoms with Crippen LogP contribution >= 0.6 is 0 Å². The molecule has 0 aliphatic rings. The van der Waals surface area contributed by atoms with E-state index in [0.717, 1.165) is 12.0 Å². The molecular weight excluding hydrogens is 254 g/mol. The number of benzene rings is 1. The summed E-state index contributed by atoms with van der Waals surface area (Å²) in [6, 6.07) is 10.4. The van der Waals surface area contributed by atoms with Gasteiger partial charge in [-0.25, -0.2) is 0 Å². The summed E-state index contributed by atoms with van der Waals surface area (Å²) in [4.78, 5) is 12.2.